The van der Waals surface area contributed by atoms with E-state index < -0.39 is 0 Å². The van der Waals surface area contributed by atoms with Crippen LogP contribution in [0.1, 0.15) is 37.7 Å². The molecular formula is C22H35IN4O. The van der Waals surface area contributed by atoms with Gasteiger partial charge in [-0.2, -0.15) is 0 Å². The van der Waals surface area contributed by atoms with Crippen LogP contribution in [0.25, 0.3) is 0 Å². The second kappa shape index (κ2) is 13.2. The standard InChI is InChI=1S/C22H34N4O.HI/c1-23-22(25-20-10-5-6-11-20)24-14-7-17-27-21-12-15-26(16-13-21)18-19-8-3-2-4-9-19;/h2-6,8-9,20-21H,7,10-18H2,1H3,(H2,23,24,25);1H. The van der Waals surface area contributed by atoms with Crippen LogP contribution in [0.4, 0.5) is 0 Å². The molecule has 0 unspecified atom stereocenters. The minimum absolute atomic E-state index is 0. The monoisotopic (exact) mass is 498 g/mol. The molecule has 1 saturated heterocycles. The van der Waals surface area contributed by atoms with Crippen molar-refractivity contribution in [1.29, 1.82) is 0 Å². The lowest BCUT2D eigenvalue weighted by Crippen LogP contribution is -2.43. The van der Waals surface area contributed by atoms with Gasteiger partial charge in [0, 0.05) is 45.9 Å². The van der Waals surface area contributed by atoms with Gasteiger partial charge < -0.3 is 15.4 Å². The molecule has 1 aliphatic heterocycles. The Morgan fingerprint density at radius 1 is 1.14 bits per heavy atom. The molecule has 28 heavy (non-hydrogen) atoms. The molecule has 0 radical (unpaired) electrons. The van der Waals surface area contributed by atoms with Crippen molar-refractivity contribution < 1.29 is 4.74 Å². The van der Waals surface area contributed by atoms with Crippen molar-refractivity contribution in [2.45, 2.75) is 50.8 Å². The zero-order valence-electron chi connectivity index (χ0n) is 17.0. The molecule has 0 amide bonds. The molecule has 2 aliphatic rings. The van der Waals surface area contributed by atoms with Crippen molar-refractivity contribution in [3.05, 3.63) is 48.0 Å². The van der Waals surface area contributed by atoms with E-state index in [0.29, 0.717) is 12.1 Å². The largest absolute Gasteiger partial charge is 0.378 e. The number of benzene rings is 1. The Morgan fingerprint density at radius 3 is 2.54 bits per heavy atom. The number of likely N-dealkylation sites (tertiary alicyclic amines) is 1. The first kappa shape index (κ1) is 23.2. The van der Waals surface area contributed by atoms with Crippen molar-refractivity contribution in [1.82, 2.24) is 15.5 Å². The maximum absolute atomic E-state index is 6.09. The highest BCUT2D eigenvalue weighted by molar-refractivity contribution is 14.0. The highest BCUT2D eigenvalue weighted by atomic mass is 127. The van der Waals surface area contributed by atoms with Crippen LogP contribution in [0.5, 0.6) is 0 Å². The first-order valence-corrected chi connectivity index (χ1v) is 10.3. The van der Waals surface area contributed by atoms with Gasteiger partial charge in [0.05, 0.1) is 6.10 Å². The summed E-state index contributed by atoms with van der Waals surface area (Å²) in [6, 6.07) is 11.2. The molecule has 1 heterocycles. The normalized spacial score (nSPS) is 18.8. The molecule has 156 valence electrons. The Labute approximate surface area is 187 Å². The van der Waals surface area contributed by atoms with E-state index in [1.807, 2.05) is 7.05 Å². The number of hydrogen-bond donors (Lipinski definition) is 2. The summed E-state index contributed by atoms with van der Waals surface area (Å²) in [4.78, 5) is 6.83. The van der Waals surface area contributed by atoms with Gasteiger partial charge in [0.25, 0.3) is 0 Å². The minimum Gasteiger partial charge on any atom is -0.378 e. The average Bonchev–Trinajstić information content (AvgIpc) is 3.22. The maximum atomic E-state index is 6.09. The highest BCUT2D eigenvalue weighted by Crippen LogP contribution is 2.16. The fraction of sp³-hybridized carbons (Fsp3) is 0.591. The third-order valence-corrected chi connectivity index (χ3v) is 5.32. The summed E-state index contributed by atoms with van der Waals surface area (Å²) in [6.07, 6.45) is 10.3. The summed E-state index contributed by atoms with van der Waals surface area (Å²) in [5, 5.41) is 6.85. The van der Waals surface area contributed by atoms with E-state index in [0.717, 1.165) is 70.8 Å². The predicted octanol–water partition coefficient (Wildman–Crippen LogP) is 3.56. The predicted molar refractivity (Wildman–Crippen MR) is 127 cm³/mol. The molecular weight excluding hydrogens is 463 g/mol. The van der Waals surface area contributed by atoms with Crippen LogP contribution < -0.4 is 10.6 Å². The summed E-state index contributed by atoms with van der Waals surface area (Å²) >= 11 is 0. The number of nitrogens with zero attached hydrogens (tertiary/aromatic N) is 2. The first-order chi connectivity index (χ1) is 13.3. The lowest BCUT2D eigenvalue weighted by Gasteiger charge is -2.32. The van der Waals surface area contributed by atoms with E-state index >= 15 is 0 Å². The van der Waals surface area contributed by atoms with Gasteiger partial charge in [-0.1, -0.05) is 42.5 Å². The Balaban J connectivity index is 0.00000280. The summed E-state index contributed by atoms with van der Waals surface area (Å²) in [5.74, 6) is 0.901. The summed E-state index contributed by atoms with van der Waals surface area (Å²) in [7, 11) is 1.83. The van der Waals surface area contributed by atoms with Crippen molar-refractivity contribution in [2.75, 3.05) is 33.3 Å². The summed E-state index contributed by atoms with van der Waals surface area (Å²) < 4.78 is 6.09. The highest BCUT2D eigenvalue weighted by Gasteiger charge is 2.19. The van der Waals surface area contributed by atoms with Gasteiger partial charge in [-0.3, -0.25) is 9.89 Å². The van der Waals surface area contributed by atoms with Crippen molar-refractivity contribution in [3.8, 4) is 0 Å². The Hall–Kier alpha value is -1.12. The Kier molecular flexibility index (Phi) is 10.9. The van der Waals surface area contributed by atoms with Crippen LogP contribution in [0, 0.1) is 0 Å². The van der Waals surface area contributed by atoms with Crippen LogP contribution in [0.3, 0.4) is 0 Å². The number of hydrogen-bond acceptors (Lipinski definition) is 3. The molecule has 0 aromatic heterocycles. The third kappa shape index (κ3) is 8.09. The van der Waals surface area contributed by atoms with Crippen LogP contribution in [-0.2, 0) is 11.3 Å². The first-order valence-electron chi connectivity index (χ1n) is 10.3. The molecule has 5 nitrogen and oxygen atoms in total. The molecule has 6 heteroatoms. The number of ether oxygens (including phenoxy) is 1. The SMILES string of the molecule is CN=C(NCCCOC1CCN(Cc2ccccc2)CC1)NC1CC=CC1.I. The molecule has 2 N–H and O–H groups in total. The molecule has 1 fully saturated rings. The van der Waals surface area contributed by atoms with Gasteiger partial charge in [0.2, 0.25) is 0 Å². The second-order valence-corrected chi connectivity index (χ2v) is 7.47. The summed E-state index contributed by atoms with van der Waals surface area (Å²) in [6.45, 7) is 5.03. The number of piperidine rings is 1. The van der Waals surface area contributed by atoms with Gasteiger partial charge in [0.15, 0.2) is 5.96 Å². The van der Waals surface area contributed by atoms with E-state index in [1.165, 1.54) is 5.56 Å². The Morgan fingerprint density at radius 2 is 1.86 bits per heavy atom. The number of rotatable bonds is 8. The van der Waals surface area contributed by atoms with Gasteiger partial charge in [-0.15, -0.1) is 24.0 Å². The lowest BCUT2D eigenvalue weighted by atomic mass is 10.1. The molecule has 1 aromatic carbocycles. The van der Waals surface area contributed by atoms with Crippen LogP contribution >= 0.6 is 24.0 Å². The zero-order chi connectivity index (χ0) is 18.7. The molecule has 0 spiro atoms. The number of nitrogens with one attached hydrogen (secondary N) is 2. The van der Waals surface area contributed by atoms with Crippen molar-refractivity contribution in [3.63, 3.8) is 0 Å². The van der Waals surface area contributed by atoms with Gasteiger partial charge in [-0.05, 0) is 37.7 Å². The number of guanidine groups is 1. The van der Waals surface area contributed by atoms with E-state index in [2.05, 4.69) is 63.0 Å². The van der Waals surface area contributed by atoms with Crippen LogP contribution in [-0.4, -0.2) is 56.3 Å². The maximum Gasteiger partial charge on any atom is 0.191 e. The zero-order valence-corrected chi connectivity index (χ0v) is 19.3. The van der Waals surface area contributed by atoms with Crippen LogP contribution in [0.2, 0.25) is 0 Å². The fourth-order valence-electron chi connectivity index (χ4n) is 3.73. The fourth-order valence-corrected chi connectivity index (χ4v) is 3.73. The molecule has 1 aromatic rings. The summed E-state index contributed by atoms with van der Waals surface area (Å²) in [5.41, 5.74) is 1.40. The molecule has 0 bridgehead atoms. The van der Waals surface area contributed by atoms with Crippen molar-refractivity contribution >= 4 is 29.9 Å². The topological polar surface area (TPSA) is 48.9 Å². The number of halogens is 1. The Bertz CT molecular complexity index is 592. The molecule has 1 aliphatic carbocycles. The molecule has 0 saturated carbocycles. The lowest BCUT2D eigenvalue weighted by molar-refractivity contribution is 0.00534. The average molecular weight is 498 g/mol. The minimum atomic E-state index is 0. The van der Waals surface area contributed by atoms with Gasteiger partial charge in [-0.25, -0.2) is 0 Å². The molecule has 3 rings (SSSR count). The van der Waals surface area contributed by atoms with E-state index in [9.17, 15) is 0 Å². The molecule has 0 atom stereocenters. The quantitative estimate of drug-likeness (QED) is 0.189. The van der Waals surface area contributed by atoms with Crippen molar-refractivity contribution in [2.24, 2.45) is 4.99 Å². The van der Waals surface area contributed by atoms with E-state index in [4.69, 9.17) is 4.74 Å². The second-order valence-electron chi connectivity index (χ2n) is 7.47. The van der Waals surface area contributed by atoms with E-state index in [-0.39, 0.29) is 24.0 Å². The van der Waals surface area contributed by atoms with E-state index in [1.54, 1.807) is 0 Å². The number of aliphatic imine (C=N–C) groups is 1. The van der Waals surface area contributed by atoms with Gasteiger partial charge >= 0.3 is 0 Å². The van der Waals surface area contributed by atoms with Gasteiger partial charge in [0.1, 0.15) is 0 Å². The smallest absolute Gasteiger partial charge is 0.191 e. The third-order valence-electron chi connectivity index (χ3n) is 5.32. The van der Waals surface area contributed by atoms with Crippen LogP contribution in [0.15, 0.2) is 47.5 Å².